The Morgan fingerprint density at radius 1 is 1.50 bits per heavy atom. The molecule has 0 spiro atoms. The van der Waals surface area contributed by atoms with Crippen molar-refractivity contribution in [2.24, 2.45) is 5.73 Å². The summed E-state index contributed by atoms with van der Waals surface area (Å²) in [6, 6.07) is 8.00. The van der Waals surface area contributed by atoms with Crippen LogP contribution in [0.1, 0.15) is 36.3 Å². The molecule has 0 radical (unpaired) electrons. The van der Waals surface area contributed by atoms with Gasteiger partial charge in [-0.15, -0.1) is 11.3 Å². The van der Waals surface area contributed by atoms with Gasteiger partial charge in [-0.2, -0.15) is 0 Å². The van der Waals surface area contributed by atoms with Gasteiger partial charge in [0.2, 0.25) is 0 Å². The summed E-state index contributed by atoms with van der Waals surface area (Å²) in [5.74, 6) is 1.41. The molecule has 0 atom stereocenters. The minimum absolute atomic E-state index is 0.455. The first-order chi connectivity index (χ1) is 9.69. The van der Waals surface area contributed by atoms with Gasteiger partial charge >= 0.3 is 0 Å². The van der Waals surface area contributed by atoms with Crippen LogP contribution in [0.3, 0.4) is 0 Å². The van der Waals surface area contributed by atoms with Crippen LogP contribution in [0.2, 0.25) is 0 Å². The summed E-state index contributed by atoms with van der Waals surface area (Å²) in [7, 11) is 0. The van der Waals surface area contributed by atoms with Gasteiger partial charge in [0.05, 0.1) is 17.2 Å². The zero-order chi connectivity index (χ0) is 14.1. The van der Waals surface area contributed by atoms with E-state index in [0.29, 0.717) is 17.5 Å². The molecule has 2 N–H and O–H groups in total. The molecule has 0 amide bonds. The molecule has 0 unspecified atom stereocenters. The Hall–Kier alpha value is -1.46. The third kappa shape index (κ3) is 2.69. The second-order valence-electron chi connectivity index (χ2n) is 4.83. The predicted molar refractivity (Wildman–Crippen MR) is 86.6 cm³/mol. The number of rotatable bonds is 5. The molecule has 1 aromatic heterocycles. The molecule has 1 heterocycles. The number of ether oxygens (including phenoxy) is 1. The van der Waals surface area contributed by atoms with Gasteiger partial charge in [0.1, 0.15) is 15.7 Å². The van der Waals surface area contributed by atoms with Crippen LogP contribution in [-0.4, -0.2) is 16.6 Å². The van der Waals surface area contributed by atoms with E-state index in [0.717, 1.165) is 26.9 Å². The number of hydrogen-bond acceptors (Lipinski definition) is 4. The van der Waals surface area contributed by atoms with Crippen molar-refractivity contribution in [3.05, 3.63) is 34.8 Å². The fraction of sp³-hybridized carbons (Fsp3) is 0.333. The lowest BCUT2D eigenvalue weighted by Crippen LogP contribution is -2.09. The van der Waals surface area contributed by atoms with Crippen molar-refractivity contribution >= 4 is 28.5 Å². The van der Waals surface area contributed by atoms with Crippen molar-refractivity contribution in [2.45, 2.75) is 25.7 Å². The molecule has 1 fully saturated rings. The third-order valence-electron chi connectivity index (χ3n) is 3.23. The van der Waals surface area contributed by atoms with E-state index in [1.165, 1.54) is 12.8 Å². The van der Waals surface area contributed by atoms with Gasteiger partial charge in [0.25, 0.3) is 0 Å². The standard InChI is InChI=1S/C15H16N2OS2/c1-2-18-11-5-3-4-10(8-11)15-17-12(9-6-7-9)13(20-15)14(16)19/h3-5,8-9H,2,6-7H2,1H3,(H2,16,19). The lowest BCUT2D eigenvalue weighted by Gasteiger charge is -2.03. The van der Waals surface area contributed by atoms with Crippen LogP contribution in [-0.2, 0) is 0 Å². The molecule has 5 heteroatoms. The van der Waals surface area contributed by atoms with Gasteiger partial charge in [-0.1, -0.05) is 24.4 Å². The molecule has 1 aliphatic carbocycles. The molecule has 1 aromatic carbocycles. The lowest BCUT2D eigenvalue weighted by atomic mass is 10.2. The van der Waals surface area contributed by atoms with Crippen molar-refractivity contribution in [1.29, 1.82) is 0 Å². The van der Waals surface area contributed by atoms with E-state index in [4.69, 9.17) is 27.7 Å². The van der Waals surface area contributed by atoms with Crippen molar-refractivity contribution in [3.63, 3.8) is 0 Å². The van der Waals surface area contributed by atoms with Gasteiger partial charge in [-0.3, -0.25) is 0 Å². The number of aromatic nitrogens is 1. The quantitative estimate of drug-likeness (QED) is 0.855. The molecule has 0 aliphatic heterocycles. The number of thiazole rings is 1. The maximum absolute atomic E-state index is 5.83. The van der Waals surface area contributed by atoms with Crippen molar-refractivity contribution in [1.82, 2.24) is 4.98 Å². The molecule has 0 bridgehead atoms. The molecule has 3 rings (SSSR count). The minimum atomic E-state index is 0.455. The van der Waals surface area contributed by atoms with Crippen LogP contribution in [0, 0.1) is 0 Å². The van der Waals surface area contributed by atoms with E-state index in [1.807, 2.05) is 31.2 Å². The Labute approximate surface area is 127 Å². The average Bonchev–Trinajstić information content (AvgIpc) is 3.18. The molecular formula is C15H16N2OS2. The molecule has 1 aliphatic rings. The van der Waals surface area contributed by atoms with Crippen LogP contribution in [0.4, 0.5) is 0 Å². The zero-order valence-electron chi connectivity index (χ0n) is 11.3. The first-order valence-corrected chi connectivity index (χ1v) is 7.95. The van der Waals surface area contributed by atoms with E-state index in [-0.39, 0.29) is 0 Å². The summed E-state index contributed by atoms with van der Waals surface area (Å²) in [4.78, 5) is 6.19. The van der Waals surface area contributed by atoms with E-state index in [9.17, 15) is 0 Å². The van der Waals surface area contributed by atoms with E-state index in [2.05, 4.69) is 0 Å². The van der Waals surface area contributed by atoms with E-state index >= 15 is 0 Å². The highest BCUT2D eigenvalue weighted by Crippen LogP contribution is 2.44. The van der Waals surface area contributed by atoms with Gasteiger partial charge in [0, 0.05) is 11.5 Å². The highest BCUT2D eigenvalue weighted by atomic mass is 32.1. The lowest BCUT2D eigenvalue weighted by molar-refractivity contribution is 0.340. The Balaban J connectivity index is 1.99. The molecule has 0 saturated heterocycles. The summed E-state index contributed by atoms with van der Waals surface area (Å²) < 4.78 is 5.54. The maximum Gasteiger partial charge on any atom is 0.124 e. The number of thiocarbonyl (C=S) groups is 1. The Morgan fingerprint density at radius 2 is 2.30 bits per heavy atom. The van der Waals surface area contributed by atoms with Crippen LogP contribution < -0.4 is 10.5 Å². The first-order valence-electron chi connectivity index (χ1n) is 6.72. The summed E-state index contributed by atoms with van der Waals surface area (Å²) >= 11 is 6.73. The predicted octanol–water partition coefficient (Wildman–Crippen LogP) is 3.72. The van der Waals surface area contributed by atoms with Crippen LogP contribution >= 0.6 is 23.6 Å². The Morgan fingerprint density at radius 3 is 2.95 bits per heavy atom. The molecule has 20 heavy (non-hydrogen) atoms. The second-order valence-corrected chi connectivity index (χ2v) is 6.27. The number of benzene rings is 1. The molecule has 3 nitrogen and oxygen atoms in total. The van der Waals surface area contributed by atoms with Crippen molar-refractivity contribution < 1.29 is 4.74 Å². The topological polar surface area (TPSA) is 48.1 Å². The second kappa shape index (κ2) is 5.50. The smallest absolute Gasteiger partial charge is 0.124 e. The average molecular weight is 304 g/mol. The van der Waals surface area contributed by atoms with Crippen molar-refractivity contribution in [3.8, 4) is 16.3 Å². The summed E-state index contributed by atoms with van der Waals surface area (Å²) in [5.41, 5.74) is 7.97. The Kier molecular flexibility index (Phi) is 3.72. The third-order valence-corrected chi connectivity index (χ3v) is 4.72. The minimum Gasteiger partial charge on any atom is -0.494 e. The van der Waals surface area contributed by atoms with Crippen LogP contribution in [0.15, 0.2) is 24.3 Å². The number of nitrogens with two attached hydrogens (primary N) is 1. The van der Waals surface area contributed by atoms with Crippen LogP contribution in [0.25, 0.3) is 10.6 Å². The normalized spacial score (nSPS) is 14.2. The van der Waals surface area contributed by atoms with E-state index < -0.39 is 0 Å². The molecule has 1 saturated carbocycles. The largest absolute Gasteiger partial charge is 0.494 e. The molecular weight excluding hydrogens is 288 g/mol. The highest BCUT2D eigenvalue weighted by molar-refractivity contribution is 7.81. The molecule has 2 aromatic rings. The summed E-state index contributed by atoms with van der Waals surface area (Å²) in [6.45, 7) is 2.64. The summed E-state index contributed by atoms with van der Waals surface area (Å²) in [5, 5.41) is 0.969. The van der Waals surface area contributed by atoms with Gasteiger partial charge in [0.15, 0.2) is 0 Å². The molecule has 104 valence electrons. The van der Waals surface area contributed by atoms with Gasteiger partial charge in [-0.25, -0.2) is 4.98 Å². The van der Waals surface area contributed by atoms with Gasteiger partial charge in [-0.05, 0) is 31.9 Å². The summed E-state index contributed by atoms with van der Waals surface area (Å²) in [6.07, 6.45) is 2.38. The van der Waals surface area contributed by atoms with Gasteiger partial charge < -0.3 is 10.5 Å². The monoisotopic (exact) mass is 304 g/mol. The fourth-order valence-corrected chi connectivity index (χ4v) is 3.38. The number of hydrogen-bond donors (Lipinski definition) is 1. The maximum atomic E-state index is 5.83. The highest BCUT2D eigenvalue weighted by Gasteiger charge is 2.30. The SMILES string of the molecule is CCOc1cccc(-c2nc(C3CC3)c(C(N)=S)s2)c1. The fourth-order valence-electron chi connectivity index (χ4n) is 2.15. The van der Waals surface area contributed by atoms with Crippen LogP contribution in [0.5, 0.6) is 5.75 Å². The van der Waals surface area contributed by atoms with E-state index in [1.54, 1.807) is 11.3 Å². The van der Waals surface area contributed by atoms with Crippen molar-refractivity contribution in [2.75, 3.05) is 6.61 Å². The first kappa shape index (κ1) is 13.5. The Bertz CT molecular complexity index is 647. The zero-order valence-corrected chi connectivity index (χ0v) is 12.9. The number of nitrogens with zero attached hydrogens (tertiary/aromatic N) is 1.